The fourth-order valence-electron chi connectivity index (χ4n) is 6.86. The highest BCUT2D eigenvalue weighted by molar-refractivity contribution is 5.92. The average Bonchev–Trinajstić information content (AvgIpc) is 2.98. The van der Waals surface area contributed by atoms with E-state index in [0.717, 1.165) is 12.8 Å². The second kappa shape index (κ2) is 6.69. The fraction of sp³-hybridized carbons (Fsp3) is 0.952. The molecule has 4 rings (SSSR count). The SMILES string of the molecule is CC(C)(O)[C@@H]1C[C@H](O[C@H]2O[C@@H](CO)[C@@H](O)[C@@H](O)[C@@H]2O)[C@]2(C)[C@H]3CC[C@]2(C)C(=O)[C@@H]13. The van der Waals surface area contributed by atoms with Crippen LogP contribution in [0.25, 0.3) is 0 Å². The van der Waals surface area contributed by atoms with Gasteiger partial charge in [0.25, 0.3) is 0 Å². The van der Waals surface area contributed by atoms with Gasteiger partial charge in [-0.25, -0.2) is 0 Å². The van der Waals surface area contributed by atoms with Gasteiger partial charge in [0, 0.05) is 16.7 Å². The number of ether oxygens (including phenoxy) is 2. The van der Waals surface area contributed by atoms with Gasteiger partial charge in [-0.1, -0.05) is 13.8 Å². The Labute approximate surface area is 170 Å². The summed E-state index contributed by atoms with van der Waals surface area (Å²) in [5, 5.41) is 50.8. The van der Waals surface area contributed by atoms with Crippen LogP contribution in [0.2, 0.25) is 0 Å². The molecule has 8 heteroatoms. The number of aliphatic hydroxyl groups excluding tert-OH is 4. The first-order valence-electron chi connectivity index (χ1n) is 10.6. The van der Waals surface area contributed by atoms with Gasteiger partial charge in [-0.05, 0) is 44.9 Å². The quantitative estimate of drug-likeness (QED) is 0.392. The molecular weight excluding hydrogens is 380 g/mol. The summed E-state index contributed by atoms with van der Waals surface area (Å²) in [5.41, 5.74) is -2.13. The van der Waals surface area contributed by atoms with Crippen molar-refractivity contribution < 1.29 is 39.8 Å². The van der Waals surface area contributed by atoms with Crippen LogP contribution in [-0.4, -0.2) is 80.3 Å². The van der Waals surface area contributed by atoms with Crippen LogP contribution < -0.4 is 0 Å². The highest BCUT2D eigenvalue weighted by Gasteiger charge is 2.75. The Morgan fingerprint density at radius 3 is 2.41 bits per heavy atom. The molecule has 4 fully saturated rings. The summed E-state index contributed by atoms with van der Waals surface area (Å²) in [6.45, 7) is 6.93. The fourth-order valence-corrected chi connectivity index (χ4v) is 6.86. The summed E-state index contributed by atoms with van der Waals surface area (Å²) >= 11 is 0. The van der Waals surface area contributed by atoms with Crippen molar-refractivity contribution in [3.8, 4) is 0 Å². The summed E-state index contributed by atoms with van der Waals surface area (Å²) in [4.78, 5) is 13.4. The maximum Gasteiger partial charge on any atom is 0.186 e. The van der Waals surface area contributed by atoms with E-state index in [1.807, 2.05) is 6.92 Å². The standard InChI is InChI=1S/C21H34O8/c1-19(2,27)10-7-12(21(4)9-5-6-20(21,3)17(26)13(9)10)29-18-16(25)15(24)14(23)11(8-22)28-18/h9-16,18,22-25,27H,5-8H2,1-4H3/t9-,10+,11-,12-,13+,14+,15+,16-,18+,20+,21-/m0/s1. The lowest BCUT2D eigenvalue weighted by atomic mass is 9.59. The summed E-state index contributed by atoms with van der Waals surface area (Å²) in [6, 6.07) is 0. The molecule has 4 aliphatic rings. The molecule has 0 aromatic heterocycles. The zero-order valence-electron chi connectivity index (χ0n) is 17.5. The zero-order chi connectivity index (χ0) is 21.5. The van der Waals surface area contributed by atoms with Crippen LogP contribution in [0.1, 0.15) is 47.0 Å². The lowest BCUT2D eigenvalue weighted by molar-refractivity contribution is -0.327. The first kappa shape index (κ1) is 21.6. The summed E-state index contributed by atoms with van der Waals surface area (Å²) < 4.78 is 11.8. The topological polar surface area (TPSA) is 137 Å². The summed E-state index contributed by atoms with van der Waals surface area (Å²) in [6.07, 6.45) is -5.17. The van der Waals surface area contributed by atoms with E-state index >= 15 is 0 Å². The number of Topliss-reactive ketones (excluding diaryl/α,β-unsaturated/α-hetero) is 1. The summed E-state index contributed by atoms with van der Waals surface area (Å²) in [5.74, 6) is -0.248. The number of aliphatic hydroxyl groups is 5. The minimum absolute atomic E-state index is 0.0695. The van der Waals surface area contributed by atoms with E-state index in [2.05, 4.69) is 6.92 Å². The Kier molecular flexibility index (Phi) is 4.99. The average molecular weight is 414 g/mol. The van der Waals surface area contributed by atoms with Crippen molar-refractivity contribution in [2.75, 3.05) is 6.61 Å². The van der Waals surface area contributed by atoms with E-state index in [-0.39, 0.29) is 23.5 Å². The minimum atomic E-state index is -1.52. The van der Waals surface area contributed by atoms with Crippen molar-refractivity contribution in [1.29, 1.82) is 0 Å². The van der Waals surface area contributed by atoms with Crippen molar-refractivity contribution in [1.82, 2.24) is 0 Å². The van der Waals surface area contributed by atoms with Gasteiger partial charge in [0.2, 0.25) is 0 Å². The monoisotopic (exact) mass is 414 g/mol. The van der Waals surface area contributed by atoms with Crippen LogP contribution in [0, 0.1) is 28.6 Å². The van der Waals surface area contributed by atoms with Gasteiger partial charge in [0.05, 0.1) is 18.3 Å². The van der Waals surface area contributed by atoms with E-state index in [0.29, 0.717) is 6.42 Å². The molecule has 4 bridgehead atoms. The molecule has 1 heterocycles. The third-order valence-electron chi connectivity index (χ3n) is 8.82. The second-order valence-electron chi connectivity index (χ2n) is 10.5. The molecule has 166 valence electrons. The smallest absolute Gasteiger partial charge is 0.186 e. The molecular formula is C21H34O8. The molecule has 0 radical (unpaired) electrons. The molecule has 0 aromatic carbocycles. The van der Waals surface area contributed by atoms with Crippen LogP contribution in [-0.2, 0) is 14.3 Å². The molecule has 5 N–H and O–H groups in total. The molecule has 29 heavy (non-hydrogen) atoms. The number of carbonyl (C=O) groups is 1. The molecule has 8 nitrogen and oxygen atoms in total. The van der Waals surface area contributed by atoms with E-state index in [4.69, 9.17) is 9.47 Å². The first-order valence-corrected chi connectivity index (χ1v) is 10.6. The minimum Gasteiger partial charge on any atom is -0.394 e. The highest BCUT2D eigenvalue weighted by Crippen LogP contribution is 2.73. The Balaban J connectivity index is 1.67. The number of rotatable bonds is 4. The Hall–Kier alpha value is -0.610. The van der Waals surface area contributed by atoms with Gasteiger partial charge in [-0.2, -0.15) is 0 Å². The molecule has 0 aromatic rings. The molecule has 11 atom stereocenters. The van der Waals surface area contributed by atoms with Gasteiger partial charge >= 0.3 is 0 Å². The van der Waals surface area contributed by atoms with Crippen LogP contribution in [0.3, 0.4) is 0 Å². The van der Waals surface area contributed by atoms with E-state index < -0.39 is 59.8 Å². The van der Waals surface area contributed by atoms with Gasteiger partial charge in [-0.3, -0.25) is 4.79 Å². The lowest BCUT2D eigenvalue weighted by Crippen LogP contribution is -2.61. The molecule has 0 spiro atoms. The lowest BCUT2D eigenvalue weighted by Gasteiger charge is -2.51. The van der Waals surface area contributed by atoms with Gasteiger partial charge in [0.15, 0.2) is 6.29 Å². The van der Waals surface area contributed by atoms with Gasteiger partial charge < -0.3 is 35.0 Å². The number of carbonyl (C=O) groups excluding carboxylic acids is 1. The summed E-state index contributed by atoms with van der Waals surface area (Å²) in [7, 11) is 0. The second-order valence-corrected chi connectivity index (χ2v) is 10.5. The first-order chi connectivity index (χ1) is 13.4. The van der Waals surface area contributed by atoms with Crippen molar-refractivity contribution in [2.24, 2.45) is 28.6 Å². The molecule has 0 unspecified atom stereocenters. The normalized spacial score (nSPS) is 54.8. The molecule has 1 saturated heterocycles. The maximum absolute atomic E-state index is 13.4. The number of ketones is 1. The van der Waals surface area contributed by atoms with Crippen molar-refractivity contribution in [2.45, 2.75) is 89.4 Å². The highest BCUT2D eigenvalue weighted by atomic mass is 16.7. The Morgan fingerprint density at radius 2 is 1.83 bits per heavy atom. The molecule has 3 aliphatic carbocycles. The number of hydrogen-bond acceptors (Lipinski definition) is 8. The van der Waals surface area contributed by atoms with E-state index in [9.17, 15) is 30.3 Å². The van der Waals surface area contributed by atoms with Crippen LogP contribution in [0.5, 0.6) is 0 Å². The van der Waals surface area contributed by atoms with Gasteiger partial charge in [-0.15, -0.1) is 0 Å². The molecule has 3 saturated carbocycles. The number of hydrogen-bond donors (Lipinski definition) is 5. The van der Waals surface area contributed by atoms with Crippen LogP contribution in [0.15, 0.2) is 0 Å². The van der Waals surface area contributed by atoms with Crippen molar-refractivity contribution in [3.05, 3.63) is 0 Å². The Bertz CT molecular complexity index is 672. The maximum atomic E-state index is 13.4. The van der Waals surface area contributed by atoms with Gasteiger partial charge in [0.1, 0.15) is 30.2 Å². The van der Waals surface area contributed by atoms with Crippen LogP contribution >= 0.6 is 0 Å². The zero-order valence-corrected chi connectivity index (χ0v) is 17.5. The third-order valence-corrected chi connectivity index (χ3v) is 8.82. The van der Waals surface area contributed by atoms with Crippen molar-refractivity contribution >= 4 is 5.78 Å². The largest absolute Gasteiger partial charge is 0.394 e. The van der Waals surface area contributed by atoms with Crippen LogP contribution in [0.4, 0.5) is 0 Å². The predicted molar refractivity (Wildman–Crippen MR) is 100 cm³/mol. The molecule has 0 amide bonds. The molecule has 1 aliphatic heterocycles. The third kappa shape index (κ3) is 2.73. The van der Waals surface area contributed by atoms with Crippen molar-refractivity contribution in [3.63, 3.8) is 0 Å². The van der Waals surface area contributed by atoms with E-state index in [1.54, 1.807) is 13.8 Å². The predicted octanol–water partition coefficient (Wildman–Crippen LogP) is -0.416. The van der Waals surface area contributed by atoms with E-state index in [1.165, 1.54) is 0 Å². The Morgan fingerprint density at radius 1 is 1.17 bits per heavy atom.